The van der Waals surface area contributed by atoms with Crippen LogP contribution in [0.1, 0.15) is 0 Å². The fourth-order valence-corrected chi connectivity index (χ4v) is 0.652. The molecular formula is C4H5N3O5S. The predicted molar refractivity (Wildman–Crippen MR) is 41.8 cm³/mol. The number of thioether (sulfide) groups is 1. The van der Waals surface area contributed by atoms with E-state index in [4.69, 9.17) is 5.26 Å². The summed E-state index contributed by atoms with van der Waals surface area (Å²) in [5.41, 5.74) is 0. The van der Waals surface area contributed by atoms with E-state index in [9.17, 15) is 20.2 Å². The van der Waals surface area contributed by atoms with Crippen molar-refractivity contribution in [2.24, 2.45) is 0 Å². The minimum absolute atomic E-state index is 0.116. The summed E-state index contributed by atoms with van der Waals surface area (Å²) in [7, 11) is 0. The van der Waals surface area contributed by atoms with E-state index < -0.39 is 22.6 Å². The molecule has 0 atom stereocenters. The molecule has 0 heterocycles. The molecule has 0 radical (unpaired) electrons. The smallest absolute Gasteiger partial charge is 0.355 e. The molecule has 0 bridgehead atoms. The maximum absolute atomic E-state index is 10.0. The van der Waals surface area contributed by atoms with Crippen LogP contribution in [0.3, 0.4) is 0 Å². The van der Waals surface area contributed by atoms with Gasteiger partial charge in [-0.3, -0.25) is 20.2 Å². The minimum atomic E-state index is -1.96. The Morgan fingerprint density at radius 1 is 1.46 bits per heavy atom. The first-order chi connectivity index (χ1) is 6.09. The molecule has 0 fully saturated rings. The topological polar surface area (TPSA) is 119 Å². The Hall–Kier alpha value is -1.40. The van der Waals surface area contributed by atoms with Gasteiger partial charge < -0.3 is 4.74 Å². The van der Waals surface area contributed by atoms with Crippen molar-refractivity contribution in [1.82, 2.24) is 0 Å². The normalized spacial score (nSPS) is 9.54. The van der Waals surface area contributed by atoms with Gasteiger partial charge in [-0.05, 0) is 11.8 Å². The number of thiocyanates is 1. The van der Waals surface area contributed by atoms with Crippen molar-refractivity contribution in [3.63, 3.8) is 0 Å². The van der Waals surface area contributed by atoms with E-state index in [2.05, 4.69) is 4.74 Å². The summed E-state index contributed by atoms with van der Waals surface area (Å²) >= 11 is 0.712. The Morgan fingerprint density at radius 3 is 2.38 bits per heavy atom. The van der Waals surface area contributed by atoms with Gasteiger partial charge in [0.25, 0.3) is 0 Å². The number of rotatable bonds is 6. The molecule has 72 valence electrons. The van der Waals surface area contributed by atoms with Crippen molar-refractivity contribution < 1.29 is 14.6 Å². The van der Waals surface area contributed by atoms with Crippen LogP contribution < -0.4 is 0 Å². The van der Waals surface area contributed by atoms with E-state index in [1.807, 2.05) is 0 Å². The molecule has 9 heteroatoms. The van der Waals surface area contributed by atoms with Gasteiger partial charge >= 0.3 is 6.17 Å². The average Bonchev–Trinajstić information content (AvgIpc) is 2.02. The zero-order chi connectivity index (χ0) is 10.3. The molecule has 0 spiro atoms. The van der Waals surface area contributed by atoms with E-state index in [0.29, 0.717) is 11.8 Å². The van der Waals surface area contributed by atoms with Gasteiger partial charge in [0.1, 0.15) is 11.3 Å². The van der Waals surface area contributed by atoms with Crippen molar-refractivity contribution >= 4 is 11.8 Å². The van der Waals surface area contributed by atoms with Crippen LogP contribution in [0.25, 0.3) is 0 Å². The SMILES string of the molecule is N#CSCOCC([N+](=O)[O-])[N+](=O)[O-]. The molecule has 0 rings (SSSR count). The van der Waals surface area contributed by atoms with Crippen LogP contribution in [0, 0.1) is 30.9 Å². The average molecular weight is 207 g/mol. The van der Waals surface area contributed by atoms with Gasteiger partial charge in [0.05, 0.1) is 9.85 Å². The van der Waals surface area contributed by atoms with Crippen molar-refractivity contribution in [2.75, 3.05) is 12.5 Å². The molecule has 0 saturated heterocycles. The van der Waals surface area contributed by atoms with E-state index in [1.165, 1.54) is 0 Å². The van der Waals surface area contributed by atoms with Crippen LogP contribution >= 0.6 is 11.8 Å². The highest BCUT2D eigenvalue weighted by atomic mass is 32.2. The molecule has 0 aliphatic carbocycles. The minimum Gasteiger partial charge on any atom is -0.355 e. The van der Waals surface area contributed by atoms with Crippen LogP contribution in [-0.2, 0) is 4.74 Å². The quantitative estimate of drug-likeness (QED) is 0.198. The molecule has 0 unspecified atom stereocenters. The first-order valence-electron chi connectivity index (χ1n) is 2.95. The zero-order valence-electron chi connectivity index (χ0n) is 6.28. The van der Waals surface area contributed by atoms with E-state index in [1.54, 1.807) is 5.40 Å². The number of hydrogen-bond donors (Lipinski definition) is 0. The Kier molecular flexibility index (Phi) is 5.49. The summed E-state index contributed by atoms with van der Waals surface area (Å²) in [6, 6.07) is 0. The number of nitrogens with zero attached hydrogens (tertiary/aromatic N) is 3. The van der Waals surface area contributed by atoms with Gasteiger partial charge in [-0.25, -0.2) is 0 Å². The second kappa shape index (κ2) is 6.15. The molecular weight excluding hydrogens is 202 g/mol. The first-order valence-corrected chi connectivity index (χ1v) is 3.93. The summed E-state index contributed by atoms with van der Waals surface area (Å²) in [5, 5.41) is 29.7. The molecule has 0 aromatic carbocycles. The highest BCUT2D eigenvalue weighted by Crippen LogP contribution is 1.99. The predicted octanol–water partition coefficient (Wildman–Crippen LogP) is 0.0543. The monoisotopic (exact) mass is 207 g/mol. The molecule has 0 aliphatic heterocycles. The molecule has 13 heavy (non-hydrogen) atoms. The van der Waals surface area contributed by atoms with Crippen LogP contribution in [0.15, 0.2) is 0 Å². The van der Waals surface area contributed by atoms with Crippen molar-refractivity contribution in [3.05, 3.63) is 20.2 Å². The molecule has 0 N–H and O–H groups in total. The Labute approximate surface area is 76.8 Å². The zero-order valence-corrected chi connectivity index (χ0v) is 7.10. The second-order valence-electron chi connectivity index (χ2n) is 1.78. The van der Waals surface area contributed by atoms with Gasteiger partial charge in [-0.2, -0.15) is 5.26 Å². The molecule has 0 amide bonds. The highest BCUT2D eigenvalue weighted by molar-refractivity contribution is 8.03. The first kappa shape index (κ1) is 11.6. The fourth-order valence-electron chi connectivity index (χ4n) is 0.420. The van der Waals surface area contributed by atoms with Gasteiger partial charge in [-0.15, -0.1) is 0 Å². The third kappa shape index (κ3) is 4.94. The van der Waals surface area contributed by atoms with Gasteiger partial charge in [0, 0.05) is 0 Å². The lowest BCUT2D eigenvalue weighted by Crippen LogP contribution is -2.33. The summed E-state index contributed by atoms with van der Waals surface area (Å²) in [6.07, 6.45) is -1.96. The Morgan fingerprint density at radius 2 is 2.00 bits per heavy atom. The van der Waals surface area contributed by atoms with E-state index >= 15 is 0 Å². The lowest BCUT2D eigenvalue weighted by molar-refractivity contribution is -0.744. The molecule has 0 saturated carbocycles. The largest absolute Gasteiger partial charge is 0.473 e. The van der Waals surface area contributed by atoms with Crippen molar-refractivity contribution in [1.29, 1.82) is 5.26 Å². The lowest BCUT2D eigenvalue weighted by Gasteiger charge is -2.00. The number of ether oxygens (including phenoxy) is 1. The van der Waals surface area contributed by atoms with Crippen LogP contribution in [0.2, 0.25) is 0 Å². The number of nitriles is 1. The van der Waals surface area contributed by atoms with Crippen molar-refractivity contribution in [3.8, 4) is 5.40 Å². The second-order valence-corrected chi connectivity index (χ2v) is 2.48. The Bertz CT molecular complexity index is 224. The van der Waals surface area contributed by atoms with Gasteiger partial charge in [0.2, 0.25) is 0 Å². The van der Waals surface area contributed by atoms with Gasteiger partial charge in [-0.1, -0.05) is 0 Å². The van der Waals surface area contributed by atoms with Gasteiger partial charge in [0.15, 0.2) is 6.61 Å². The third-order valence-corrected chi connectivity index (χ3v) is 1.37. The Balaban J connectivity index is 3.79. The van der Waals surface area contributed by atoms with E-state index in [0.717, 1.165) is 0 Å². The molecule has 0 aromatic heterocycles. The number of nitro groups is 2. The third-order valence-electron chi connectivity index (χ3n) is 0.960. The number of hydrogen-bond acceptors (Lipinski definition) is 7. The summed E-state index contributed by atoms with van der Waals surface area (Å²) in [4.78, 5) is 17.9. The van der Waals surface area contributed by atoms with Crippen LogP contribution in [0.4, 0.5) is 0 Å². The molecule has 0 aromatic rings. The van der Waals surface area contributed by atoms with Crippen molar-refractivity contribution in [2.45, 2.75) is 6.17 Å². The van der Waals surface area contributed by atoms with E-state index in [-0.39, 0.29) is 5.94 Å². The molecule has 0 aliphatic rings. The molecule has 8 nitrogen and oxygen atoms in total. The summed E-state index contributed by atoms with van der Waals surface area (Å²) in [6.45, 7) is -0.630. The lowest BCUT2D eigenvalue weighted by atomic mass is 10.6. The summed E-state index contributed by atoms with van der Waals surface area (Å²) < 4.78 is 4.52. The van der Waals surface area contributed by atoms with Crippen LogP contribution in [-0.4, -0.2) is 28.6 Å². The maximum atomic E-state index is 10.0. The van der Waals surface area contributed by atoms with Crippen LogP contribution in [0.5, 0.6) is 0 Å². The maximum Gasteiger partial charge on any atom is 0.473 e. The summed E-state index contributed by atoms with van der Waals surface area (Å²) in [5.74, 6) is -0.116. The highest BCUT2D eigenvalue weighted by Gasteiger charge is 2.32. The standard InChI is InChI=1S/C4H5N3O5S/c5-2-13-3-12-1-4(6(8)9)7(10)11/h4H,1,3H2. The fraction of sp³-hybridized carbons (Fsp3) is 0.750.